The standard InChI is InChI=1S/C12H11FN4O2/c13-8-4-2-1-3-7(8)11-16-12(19-17-11)9-5-15-10(18)6-14-9/h1-4,9,14H,5-6H2,(H,15,18). The molecule has 0 aliphatic carbocycles. The molecule has 0 saturated carbocycles. The molecule has 2 heterocycles. The zero-order valence-electron chi connectivity index (χ0n) is 9.89. The first kappa shape index (κ1) is 11.8. The minimum atomic E-state index is -0.403. The lowest BCUT2D eigenvalue weighted by Crippen LogP contribution is -2.47. The van der Waals surface area contributed by atoms with Gasteiger partial charge in [-0.25, -0.2) is 4.39 Å². The van der Waals surface area contributed by atoms with E-state index >= 15 is 0 Å². The molecule has 0 bridgehead atoms. The summed E-state index contributed by atoms with van der Waals surface area (Å²) in [4.78, 5) is 15.2. The summed E-state index contributed by atoms with van der Waals surface area (Å²) < 4.78 is 18.7. The van der Waals surface area contributed by atoms with E-state index in [4.69, 9.17) is 4.52 Å². The quantitative estimate of drug-likeness (QED) is 0.830. The summed E-state index contributed by atoms with van der Waals surface area (Å²) in [6.45, 7) is 0.569. The predicted molar refractivity (Wildman–Crippen MR) is 63.4 cm³/mol. The fourth-order valence-corrected chi connectivity index (χ4v) is 1.87. The van der Waals surface area contributed by atoms with Gasteiger partial charge in [-0.3, -0.25) is 10.1 Å². The summed E-state index contributed by atoms with van der Waals surface area (Å²) in [6.07, 6.45) is 0. The van der Waals surface area contributed by atoms with Gasteiger partial charge in [0.25, 0.3) is 0 Å². The van der Waals surface area contributed by atoms with Crippen molar-refractivity contribution >= 4 is 5.91 Å². The molecule has 1 atom stereocenters. The van der Waals surface area contributed by atoms with E-state index in [0.717, 1.165) is 0 Å². The first-order chi connectivity index (χ1) is 9.24. The number of piperazine rings is 1. The number of hydrogen-bond donors (Lipinski definition) is 2. The number of carbonyl (C=O) groups excluding carboxylic acids is 1. The van der Waals surface area contributed by atoms with Crippen LogP contribution in [0, 0.1) is 5.82 Å². The van der Waals surface area contributed by atoms with Gasteiger partial charge in [-0.1, -0.05) is 17.3 Å². The lowest BCUT2D eigenvalue weighted by Gasteiger charge is -2.20. The molecule has 0 radical (unpaired) electrons. The van der Waals surface area contributed by atoms with Crippen LogP contribution in [0.1, 0.15) is 11.9 Å². The molecule has 19 heavy (non-hydrogen) atoms. The minimum Gasteiger partial charge on any atom is -0.353 e. The van der Waals surface area contributed by atoms with Crippen molar-refractivity contribution in [2.24, 2.45) is 0 Å². The maximum atomic E-state index is 13.6. The van der Waals surface area contributed by atoms with E-state index < -0.39 is 5.82 Å². The van der Waals surface area contributed by atoms with Crippen LogP contribution in [0.15, 0.2) is 28.8 Å². The van der Waals surface area contributed by atoms with Crippen molar-refractivity contribution in [2.45, 2.75) is 6.04 Å². The molecule has 1 saturated heterocycles. The third-order valence-electron chi connectivity index (χ3n) is 2.87. The van der Waals surface area contributed by atoms with Gasteiger partial charge >= 0.3 is 0 Å². The van der Waals surface area contributed by atoms with Gasteiger partial charge in [-0.2, -0.15) is 4.98 Å². The lowest BCUT2D eigenvalue weighted by molar-refractivity contribution is -0.121. The number of nitrogens with one attached hydrogen (secondary N) is 2. The number of benzene rings is 1. The van der Waals surface area contributed by atoms with Crippen LogP contribution >= 0.6 is 0 Å². The van der Waals surface area contributed by atoms with E-state index in [2.05, 4.69) is 20.8 Å². The fourth-order valence-electron chi connectivity index (χ4n) is 1.87. The molecule has 98 valence electrons. The van der Waals surface area contributed by atoms with Gasteiger partial charge in [0.05, 0.1) is 12.1 Å². The van der Waals surface area contributed by atoms with Crippen LogP contribution in [0.25, 0.3) is 11.4 Å². The highest BCUT2D eigenvalue weighted by atomic mass is 19.1. The predicted octanol–water partition coefficient (Wildman–Crippen LogP) is 0.636. The van der Waals surface area contributed by atoms with Crippen molar-refractivity contribution in [1.82, 2.24) is 20.8 Å². The van der Waals surface area contributed by atoms with E-state index in [9.17, 15) is 9.18 Å². The smallest absolute Gasteiger partial charge is 0.245 e. The zero-order valence-corrected chi connectivity index (χ0v) is 9.89. The Bertz CT molecular complexity index is 603. The van der Waals surface area contributed by atoms with E-state index in [-0.39, 0.29) is 29.9 Å². The highest BCUT2D eigenvalue weighted by molar-refractivity contribution is 5.78. The van der Waals surface area contributed by atoms with Crippen molar-refractivity contribution in [3.05, 3.63) is 36.0 Å². The number of halogens is 1. The normalized spacial score (nSPS) is 19.2. The SMILES string of the molecule is O=C1CNC(c2nc(-c3ccccc3F)no2)CN1. The first-order valence-electron chi connectivity index (χ1n) is 5.82. The molecule has 1 unspecified atom stereocenters. The molecular formula is C12H11FN4O2. The summed E-state index contributed by atoms with van der Waals surface area (Å²) in [5, 5.41) is 9.41. The molecule has 2 N–H and O–H groups in total. The minimum absolute atomic E-state index is 0.0786. The van der Waals surface area contributed by atoms with Crippen molar-refractivity contribution in [1.29, 1.82) is 0 Å². The Morgan fingerprint density at radius 2 is 2.21 bits per heavy atom. The van der Waals surface area contributed by atoms with Gasteiger partial charge in [0.15, 0.2) is 0 Å². The largest absolute Gasteiger partial charge is 0.353 e. The highest BCUT2D eigenvalue weighted by Gasteiger charge is 2.24. The average Bonchev–Trinajstić information content (AvgIpc) is 2.89. The molecule has 1 amide bonds. The third-order valence-corrected chi connectivity index (χ3v) is 2.87. The Balaban J connectivity index is 1.84. The Morgan fingerprint density at radius 3 is 2.95 bits per heavy atom. The van der Waals surface area contributed by atoms with Crippen LogP contribution < -0.4 is 10.6 Å². The van der Waals surface area contributed by atoms with Crippen molar-refractivity contribution in [3.63, 3.8) is 0 Å². The monoisotopic (exact) mass is 262 g/mol. The topological polar surface area (TPSA) is 80.1 Å². The molecule has 7 heteroatoms. The van der Waals surface area contributed by atoms with E-state index in [1.165, 1.54) is 6.07 Å². The number of nitrogens with zero attached hydrogens (tertiary/aromatic N) is 2. The molecule has 1 aliphatic heterocycles. The third kappa shape index (κ3) is 2.32. The van der Waals surface area contributed by atoms with Crippen molar-refractivity contribution in [2.75, 3.05) is 13.1 Å². The number of rotatable bonds is 2. The molecular weight excluding hydrogens is 251 g/mol. The Labute approximate surface area is 108 Å². The van der Waals surface area contributed by atoms with Crippen LogP contribution in [0.2, 0.25) is 0 Å². The number of aromatic nitrogens is 2. The number of amides is 1. The fraction of sp³-hybridized carbons (Fsp3) is 0.250. The zero-order chi connectivity index (χ0) is 13.2. The summed E-state index contributed by atoms with van der Waals surface area (Å²) in [7, 11) is 0. The molecule has 1 aromatic heterocycles. The molecule has 3 rings (SSSR count). The van der Waals surface area contributed by atoms with Gasteiger partial charge in [0.1, 0.15) is 11.9 Å². The van der Waals surface area contributed by atoms with Gasteiger partial charge in [0, 0.05) is 6.54 Å². The van der Waals surface area contributed by atoms with Gasteiger partial charge in [-0.15, -0.1) is 0 Å². The Morgan fingerprint density at radius 1 is 1.37 bits per heavy atom. The average molecular weight is 262 g/mol. The molecule has 1 aromatic carbocycles. The van der Waals surface area contributed by atoms with Gasteiger partial charge in [0.2, 0.25) is 17.6 Å². The van der Waals surface area contributed by atoms with E-state index in [1.54, 1.807) is 18.2 Å². The summed E-state index contributed by atoms with van der Waals surface area (Å²) >= 11 is 0. The van der Waals surface area contributed by atoms with Crippen LogP contribution in [-0.4, -0.2) is 29.1 Å². The maximum Gasteiger partial charge on any atom is 0.245 e. The lowest BCUT2D eigenvalue weighted by atomic mass is 10.2. The van der Waals surface area contributed by atoms with Crippen LogP contribution in [0.5, 0.6) is 0 Å². The second-order valence-electron chi connectivity index (χ2n) is 4.17. The molecule has 1 aliphatic rings. The molecule has 0 spiro atoms. The maximum absolute atomic E-state index is 13.6. The summed E-state index contributed by atoms with van der Waals surface area (Å²) in [6, 6.07) is 5.97. The Hall–Kier alpha value is -2.28. The van der Waals surface area contributed by atoms with E-state index in [0.29, 0.717) is 12.4 Å². The summed E-state index contributed by atoms with van der Waals surface area (Å²) in [5.41, 5.74) is 0.289. The second kappa shape index (κ2) is 4.77. The van der Waals surface area contributed by atoms with Crippen LogP contribution in [-0.2, 0) is 4.79 Å². The second-order valence-corrected chi connectivity index (χ2v) is 4.17. The van der Waals surface area contributed by atoms with E-state index in [1.807, 2.05) is 0 Å². The number of hydrogen-bond acceptors (Lipinski definition) is 5. The van der Waals surface area contributed by atoms with Crippen LogP contribution in [0.3, 0.4) is 0 Å². The van der Waals surface area contributed by atoms with Crippen LogP contribution in [0.4, 0.5) is 4.39 Å². The number of carbonyl (C=O) groups is 1. The van der Waals surface area contributed by atoms with Gasteiger partial charge < -0.3 is 9.84 Å². The molecule has 1 fully saturated rings. The van der Waals surface area contributed by atoms with Crippen molar-refractivity contribution < 1.29 is 13.7 Å². The first-order valence-corrected chi connectivity index (χ1v) is 5.82. The highest BCUT2D eigenvalue weighted by Crippen LogP contribution is 2.21. The molecule has 2 aromatic rings. The summed E-state index contributed by atoms with van der Waals surface area (Å²) in [5.74, 6) is 0.0508. The molecule has 6 nitrogen and oxygen atoms in total. The Kier molecular flexibility index (Phi) is 2.96. The van der Waals surface area contributed by atoms with Gasteiger partial charge in [-0.05, 0) is 12.1 Å². The van der Waals surface area contributed by atoms with Crippen molar-refractivity contribution in [3.8, 4) is 11.4 Å².